The van der Waals surface area contributed by atoms with Gasteiger partial charge in [0.15, 0.2) is 9.84 Å². The summed E-state index contributed by atoms with van der Waals surface area (Å²) in [4.78, 5) is 25.7. The maximum Gasteiger partial charge on any atom is 0.246 e. The predicted molar refractivity (Wildman–Crippen MR) is 77.0 cm³/mol. The Morgan fingerprint density at radius 2 is 1.80 bits per heavy atom. The molecule has 1 fully saturated rings. The molecule has 116 valence electrons. The minimum atomic E-state index is -3.23. The predicted octanol–water partition coefficient (Wildman–Crippen LogP) is 0.327. The van der Waals surface area contributed by atoms with Gasteiger partial charge in [0.25, 0.3) is 0 Å². The van der Waals surface area contributed by atoms with Crippen molar-refractivity contribution < 1.29 is 18.0 Å². The fraction of sp³-hybridized carbons (Fsp3) is 0.846. The van der Waals surface area contributed by atoms with E-state index in [2.05, 4.69) is 5.32 Å². The average Bonchev–Trinajstić information content (AvgIpc) is 2.39. The Morgan fingerprint density at radius 3 is 2.25 bits per heavy atom. The normalized spacial score (nSPS) is 19.4. The fourth-order valence-electron chi connectivity index (χ4n) is 2.52. The molecule has 1 N–H and O–H groups in total. The third-order valence-electron chi connectivity index (χ3n) is 4.13. The van der Waals surface area contributed by atoms with Crippen molar-refractivity contribution in [1.82, 2.24) is 10.2 Å². The van der Waals surface area contributed by atoms with E-state index >= 15 is 0 Å². The molecule has 0 atom stereocenters. The van der Waals surface area contributed by atoms with Crippen molar-refractivity contribution in [2.45, 2.75) is 51.3 Å². The monoisotopic (exact) mass is 304 g/mol. The maximum absolute atomic E-state index is 12.1. The van der Waals surface area contributed by atoms with Gasteiger partial charge in [-0.05, 0) is 26.7 Å². The number of amides is 2. The van der Waals surface area contributed by atoms with Gasteiger partial charge < -0.3 is 10.2 Å². The number of nitrogens with one attached hydrogen (secondary N) is 1. The van der Waals surface area contributed by atoms with Crippen LogP contribution in [-0.2, 0) is 19.4 Å². The molecule has 0 unspecified atom stereocenters. The Bertz CT molecular complexity index is 481. The lowest BCUT2D eigenvalue weighted by atomic mass is 9.87. The molecule has 0 radical (unpaired) electrons. The van der Waals surface area contributed by atoms with E-state index in [1.165, 1.54) is 4.90 Å². The van der Waals surface area contributed by atoms with Crippen LogP contribution in [0.2, 0.25) is 0 Å². The SMILES string of the molecule is CCC1(CC)C(=O)NCC(=O)N1CCS(=O)(=O)C(C)C. The first-order valence-electron chi connectivity index (χ1n) is 7.01. The van der Waals surface area contributed by atoms with Gasteiger partial charge in [-0.1, -0.05) is 13.8 Å². The van der Waals surface area contributed by atoms with Gasteiger partial charge in [-0.15, -0.1) is 0 Å². The van der Waals surface area contributed by atoms with Crippen molar-refractivity contribution in [3.05, 3.63) is 0 Å². The van der Waals surface area contributed by atoms with Crippen LogP contribution in [0.1, 0.15) is 40.5 Å². The summed E-state index contributed by atoms with van der Waals surface area (Å²) in [6.45, 7) is 6.94. The summed E-state index contributed by atoms with van der Waals surface area (Å²) in [5.74, 6) is -0.512. The summed E-state index contributed by atoms with van der Waals surface area (Å²) in [5.41, 5.74) is -0.915. The van der Waals surface area contributed by atoms with Gasteiger partial charge in [-0.2, -0.15) is 0 Å². The van der Waals surface area contributed by atoms with Gasteiger partial charge in [0.2, 0.25) is 11.8 Å². The molecule has 1 heterocycles. The van der Waals surface area contributed by atoms with E-state index in [9.17, 15) is 18.0 Å². The van der Waals surface area contributed by atoms with Gasteiger partial charge in [-0.25, -0.2) is 8.42 Å². The summed E-state index contributed by atoms with van der Waals surface area (Å²) in [6, 6.07) is 0. The van der Waals surface area contributed by atoms with Crippen molar-refractivity contribution >= 4 is 21.7 Å². The molecule has 0 saturated carbocycles. The number of piperazine rings is 1. The van der Waals surface area contributed by atoms with Crippen LogP contribution in [-0.4, -0.2) is 54.8 Å². The summed E-state index contributed by atoms with van der Waals surface area (Å²) < 4.78 is 23.8. The molecule has 1 saturated heterocycles. The van der Waals surface area contributed by atoms with Gasteiger partial charge >= 0.3 is 0 Å². The highest BCUT2D eigenvalue weighted by Crippen LogP contribution is 2.27. The van der Waals surface area contributed by atoms with Crippen molar-refractivity contribution in [2.75, 3.05) is 18.8 Å². The topological polar surface area (TPSA) is 83.6 Å². The van der Waals surface area contributed by atoms with Crippen LogP contribution in [0, 0.1) is 0 Å². The lowest BCUT2D eigenvalue weighted by molar-refractivity contribution is -0.154. The van der Waals surface area contributed by atoms with Gasteiger partial charge in [-0.3, -0.25) is 9.59 Å². The standard InChI is InChI=1S/C13H24N2O4S/c1-5-13(6-2)12(17)14-9-11(16)15(13)7-8-20(18,19)10(3)4/h10H,5-9H2,1-4H3,(H,14,17). The van der Waals surface area contributed by atoms with E-state index in [1.54, 1.807) is 13.8 Å². The van der Waals surface area contributed by atoms with E-state index in [1.807, 2.05) is 13.8 Å². The highest BCUT2D eigenvalue weighted by molar-refractivity contribution is 7.92. The molecule has 0 aliphatic carbocycles. The summed E-state index contributed by atoms with van der Waals surface area (Å²) >= 11 is 0. The Morgan fingerprint density at radius 1 is 1.25 bits per heavy atom. The van der Waals surface area contributed by atoms with Crippen LogP contribution < -0.4 is 5.32 Å². The lowest BCUT2D eigenvalue weighted by Crippen LogP contribution is -2.67. The van der Waals surface area contributed by atoms with E-state index in [-0.39, 0.29) is 30.7 Å². The van der Waals surface area contributed by atoms with Crippen LogP contribution in [0.5, 0.6) is 0 Å². The van der Waals surface area contributed by atoms with Gasteiger partial charge in [0.05, 0.1) is 17.5 Å². The average molecular weight is 304 g/mol. The van der Waals surface area contributed by atoms with Crippen LogP contribution in [0.25, 0.3) is 0 Å². The molecule has 1 aliphatic rings. The van der Waals surface area contributed by atoms with E-state index < -0.39 is 20.6 Å². The largest absolute Gasteiger partial charge is 0.345 e. The molecule has 20 heavy (non-hydrogen) atoms. The molecule has 1 aliphatic heterocycles. The molecule has 0 aromatic rings. The molecule has 0 bridgehead atoms. The zero-order valence-electron chi connectivity index (χ0n) is 12.6. The fourth-order valence-corrected chi connectivity index (χ4v) is 3.43. The first-order chi connectivity index (χ1) is 9.21. The summed E-state index contributed by atoms with van der Waals surface area (Å²) in [7, 11) is -3.23. The highest BCUT2D eigenvalue weighted by Gasteiger charge is 2.46. The molecule has 7 heteroatoms. The Balaban J connectivity index is 2.99. The molecule has 0 aromatic carbocycles. The lowest BCUT2D eigenvalue weighted by Gasteiger charge is -2.45. The number of rotatable bonds is 6. The number of nitrogens with zero attached hydrogens (tertiary/aromatic N) is 1. The molecule has 0 spiro atoms. The zero-order valence-corrected chi connectivity index (χ0v) is 13.4. The van der Waals surface area contributed by atoms with Crippen molar-refractivity contribution in [2.24, 2.45) is 0 Å². The number of hydrogen-bond donors (Lipinski definition) is 1. The number of sulfone groups is 1. The van der Waals surface area contributed by atoms with Crippen LogP contribution in [0.4, 0.5) is 0 Å². The first kappa shape index (κ1) is 16.9. The minimum absolute atomic E-state index is 0.0533. The highest BCUT2D eigenvalue weighted by atomic mass is 32.2. The van der Waals surface area contributed by atoms with Crippen LogP contribution in [0.3, 0.4) is 0 Å². The van der Waals surface area contributed by atoms with Crippen LogP contribution in [0.15, 0.2) is 0 Å². The smallest absolute Gasteiger partial charge is 0.246 e. The second-order valence-electron chi connectivity index (χ2n) is 5.38. The third-order valence-corrected chi connectivity index (χ3v) is 6.32. The van der Waals surface area contributed by atoms with Gasteiger partial charge in [0, 0.05) is 6.54 Å². The molecule has 1 rings (SSSR count). The van der Waals surface area contributed by atoms with Crippen LogP contribution >= 0.6 is 0 Å². The van der Waals surface area contributed by atoms with Crippen molar-refractivity contribution in [1.29, 1.82) is 0 Å². The second kappa shape index (κ2) is 6.11. The first-order valence-corrected chi connectivity index (χ1v) is 8.73. The third kappa shape index (κ3) is 2.97. The van der Waals surface area contributed by atoms with Crippen molar-refractivity contribution in [3.8, 4) is 0 Å². The molecular formula is C13H24N2O4S. The molecule has 0 aromatic heterocycles. The maximum atomic E-state index is 12.1. The quantitative estimate of drug-likeness (QED) is 0.766. The van der Waals surface area contributed by atoms with E-state index in [0.717, 1.165) is 0 Å². The molecule has 2 amide bonds. The summed E-state index contributed by atoms with van der Waals surface area (Å²) in [6.07, 6.45) is 0.950. The van der Waals surface area contributed by atoms with Crippen molar-refractivity contribution in [3.63, 3.8) is 0 Å². The second-order valence-corrected chi connectivity index (χ2v) is 8.06. The summed E-state index contributed by atoms with van der Waals surface area (Å²) in [5, 5.41) is 2.12. The molecular weight excluding hydrogens is 280 g/mol. The Labute approximate surface area is 120 Å². The number of carbonyl (C=O) groups is 2. The zero-order chi connectivity index (χ0) is 15.6. The number of carbonyl (C=O) groups excluding carboxylic acids is 2. The Kier molecular flexibility index (Phi) is 5.18. The van der Waals surface area contributed by atoms with Gasteiger partial charge in [0.1, 0.15) is 5.54 Å². The minimum Gasteiger partial charge on any atom is -0.345 e. The Hall–Kier alpha value is -1.11. The number of hydrogen-bond acceptors (Lipinski definition) is 4. The van der Waals surface area contributed by atoms with E-state index in [0.29, 0.717) is 12.8 Å². The van der Waals surface area contributed by atoms with E-state index in [4.69, 9.17) is 0 Å². The molecule has 6 nitrogen and oxygen atoms in total.